The van der Waals surface area contributed by atoms with Gasteiger partial charge in [-0.3, -0.25) is 0 Å². The van der Waals surface area contributed by atoms with E-state index < -0.39 is 11.6 Å². The van der Waals surface area contributed by atoms with Crippen LogP contribution in [0.2, 0.25) is 0 Å². The van der Waals surface area contributed by atoms with Gasteiger partial charge in [0.1, 0.15) is 22.7 Å². The number of phenols is 1. The summed E-state index contributed by atoms with van der Waals surface area (Å²) in [7, 11) is 2.94. The highest BCUT2D eigenvalue weighted by Gasteiger charge is 2.29. The number of carboxylic acid groups (broad SMARTS) is 1. The molecule has 0 aliphatic carbocycles. The fourth-order valence-electron chi connectivity index (χ4n) is 2.85. The third kappa shape index (κ3) is 2.31. The molecule has 1 aliphatic rings. The summed E-state index contributed by atoms with van der Waals surface area (Å²) in [6.45, 7) is 3.83. The van der Waals surface area contributed by atoms with Crippen LogP contribution in [-0.4, -0.2) is 36.0 Å². The number of aromatic hydroxyl groups is 1. The number of rotatable bonds is 3. The van der Waals surface area contributed by atoms with E-state index in [0.717, 1.165) is 0 Å². The second-order valence-electron chi connectivity index (χ2n) is 6.06. The van der Waals surface area contributed by atoms with E-state index in [2.05, 4.69) is 0 Å². The zero-order chi connectivity index (χ0) is 17.6. The Balaban J connectivity index is 2.47. The van der Waals surface area contributed by atoms with E-state index in [0.29, 0.717) is 33.6 Å². The Labute approximate surface area is 138 Å². The van der Waals surface area contributed by atoms with E-state index in [1.807, 2.05) is 26.0 Å². The normalized spacial score (nSPS) is 14.8. The number of fused-ring (bicyclic) bond motifs is 3. The smallest absolute Gasteiger partial charge is 0.339 e. The molecule has 0 atom stereocenters. The molecule has 126 valence electrons. The molecule has 2 aromatic rings. The number of methoxy groups -OCH3 is 2. The Morgan fingerprint density at radius 3 is 2.42 bits per heavy atom. The lowest BCUT2D eigenvalue weighted by atomic mass is 9.94. The summed E-state index contributed by atoms with van der Waals surface area (Å²) in [4.78, 5) is 11.4. The van der Waals surface area contributed by atoms with E-state index in [-0.39, 0.29) is 11.3 Å². The lowest BCUT2D eigenvalue weighted by Crippen LogP contribution is -2.27. The molecule has 0 fully saturated rings. The third-order valence-electron chi connectivity index (χ3n) is 4.00. The van der Waals surface area contributed by atoms with Crippen LogP contribution in [-0.2, 0) is 0 Å². The Bertz CT molecular complexity index is 879. The fourth-order valence-corrected chi connectivity index (χ4v) is 2.85. The van der Waals surface area contributed by atoms with E-state index >= 15 is 0 Å². The molecule has 0 unspecified atom stereocenters. The number of benzene rings is 2. The van der Waals surface area contributed by atoms with Gasteiger partial charge in [-0.2, -0.15) is 0 Å². The van der Waals surface area contributed by atoms with Crippen LogP contribution in [0.4, 0.5) is 0 Å². The topological polar surface area (TPSA) is 85.2 Å². The van der Waals surface area contributed by atoms with Gasteiger partial charge in [0.15, 0.2) is 11.5 Å². The number of ether oxygens (including phenoxy) is 3. The van der Waals surface area contributed by atoms with Gasteiger partial charge in [0.05, 0.1) is 14.2 Å². The summed E-state index contributed by atoms with van der Waals surface area (Å²) in [5.74, 6) is -0.296. The zero-order valence-electron chi connectivity index (χ0n) is 13.8. The number of carboxylic acids is 1. The van der Waals surface area contributed by atoms with Crippen molar-refractivity contribution in [3.63, 3.8) is 0 Å². The first-order valence-electron chi connectivity index (χ1n) is 7.35. The predicted molar refractivity (Wildman–Crippen MR) is 89.4 cm³/mol. The van der Waals surface area contributed by atoms with Crippen LogP contribution in [0.5, 0.6) is 23.0 Å². The lowest BCUT2D eigenvalue weighted by molar-refractivity contribution is 0.0693. The van der Waals surface area contributed by atoms with Crippen molar-refractivity contribution in [2.24, 2.45) is 0 Å². The second kappa shape index (κ2) is 5.33. The lowest BCUT2D eigenvalue weighted by Gasteiger charge is -2.30. The van der Waals surface area contributed by atoms with Crippen molar-refractivity contribution >= 4 is 22.8 Å². The standard InChI is InChI=1S/C18H18O6/c1-18(2)6-5-9-14-10(7-13(23-4)16(9)24-18)15(19)11(17(20)21)8-12(14)22-3/h5-8,19H,1-4H3,(H,20,21). The van der Waals surface area contributed by atoms with Crippen LogP contribution in [0.25, 0.3) is 16.8 Å². The molecular formula is C18H18O6. The highest BCUT2D eigenvalue weighted by molar-refractivity contribution is 6.08. The van der Waals surface area contributed by atoms with E-state index in [9.17, 15) is 15.0 Å². The van der Waals surface area contributed by atoms with Gasteiger partial charge in [0, 0.05) is 16.3 Å². The SMILES string of the molecule is COc1cc2c(O)c(C(=O)O)cc(OC)c2c2c1OC(C)(C)C=C2. The summed E-state index contributed by atoms with van der Waals surface area (Å²) in [5.41, 5.74) is -0.0697. The zero-order valence-corrected chi connectivity index (χ0v) is 13.8. The molecule has 6 heteroatoms. The number of hydrogen-bond acceptors (Lipinski definition) is 5. The molecule has 0 saturated carbocycles. The van der Waals surface area contributed by atoms with Crippen LogP contribution in [0.15, 0.2) is 18.2 Å². The minimum atomic E-state index is -1.24. The highest BCUT2D eigenvalue weighted by atomic mass is 16.5. The first kappa shape index (κ1) is 16.0. The van der Waals surface area contributed by atoms with Crippen molar-refractivity contribution < 1.29 is 29.2 Å². The first-order chi connectivity index (χ1) is 11.3. The molecule has 3 rings (SSSR count). The Hall–Kier alpha value is -2.89. The van der Waals surface area contributed by atoms with Crippen molar-refractivity contribution in [1.82, 2.24) is 0 Å². The maximum Gasteiger partial charge on any atom is 0.339 e. The second-order valence-corrected chi connectivity index (χ2v) is 6.06. The van der Waals surface area contributed by atoms with Gasteiger partial charge in [0.25, 0.3) is 0 Å². The maximum atomic E-state index is 11.4. The summed E-state index contributed by atoms with van der Waals surface area (Å²) in [6.07, 6.45) is 3.75. The van der Waals surface area contributed by atoms with Crippen LogP contribution in [0.1, 0.15) is 29.8 Å². The molecular weight excluding hydrogens is 312 g/mol. The number of aromatic carboxylic acids is 1. The van der Waals surface area contributed by atoms with Crippen molar-refractivity contribution in [3.8, 4) is 23.0 Å². The van der Waals surface area contributed by atoms with Gasteiger partial charge in [-0.05, 0) is 32.1 Å². The molecule has 0 saturated heterocycles. The van der Waals surface area contributed by atoms with Gasteiger partial charge in [0.2, 0.25) is 0 Å². The molecule has 0 spiro atoms. The molecule has 6 nitrogen and oxygen atoms in total. The van der Waals surface area contributed by atoms with Gasteiger partial charge in [-0.15, -0.1) is 0 Å². The first-order valence-corrected chi connectivity index (χ1v) is 7.35. The minimum Gasteiger partial charge on any atom is -0.506 e. The van der Waals surface area contributed by atoms with Crippen molar-refractivity contribution in [2.45, 2.75) is 19.4 Å². The molecule has 0 aromatic heterocycles. The Morgan fingerprint density at radius 1 is 1.17 bits per heavy atom. The summed E-state index contributed by atoms with van der Waals surface area (Å²) < 4.78 is 16.7. The summed E-state index contributed by atoms with van der Waals surface area (Å²) >= 11 is 0. The van der Waals surface area contributed by atoms with Gasteiger partial charge in [-0.1, -0.05) is 6.08 Å². The minimum absolute atomic E-state index is 0.234. The molecule has 2 N–H and O–H groups in total. The molecule has 24 heavy (non-hydrogen) atoms. The largest absolute Gasteiger partial charge is 0.506 e. The maximum absolute atomic E-state index is 11.4. The average Bonchev–Trinajstić information content (AvgIpc) is 2.53. The van der Waals surface area contributed by atoms with E-state index in [1.165, 1.54) is 20.3 Å². The van der Waals surface area contributed by atoms with Gasteiger partial charge < -0.3 is 24.4 Å². The van der Waals surface area contributed by atoms with Crippen molar-refractivity contribution in [1.29, 1.82) is 0 Å². The molecule has 0 bridgehead atoms. The van der Waals surface area contributed by atoms with E-state index in [1.54, 1.807) is 6.07 Å². The molecule has 0 amide bonds. The fraction of sp³-hybridized carbons (Fsp3) is 0.278. The molecule has 1 aliphatic heterocycles. The quantitative estimate of drug-likeness (QED) is 0.896. The third-order valence-corrected chi connectivity index (χ3v) is 4.00. The van der Waals surface area contributed by atoms with E-state index in [4.69, 9.17) is 14.2 Å². The Morgan fingerprint density at radius 2 is 1.83 bits per heavy atom. The highest BCUT2D eigenvalue weighted by Crippen LogP contribution is 2.48. The molecule has 0 radical (unpaired) electrons. The number of hydrogen-bond donors (Lipinski definition) is 2. The monoisotopic (exact) mass is 330 g/mol. The van der Waals surface area contributed by atoms with Crippen LogP contribution in [0, 0.1) is 0 Å². The van der Waals surface area contributed by atoms with Crippen LogP contribution >= 0.6 is 0 Å². The van der Waals surface area contributed by atoms with Gasteiger partial charge >= 0.3 is 5.97 Å². The summed E-state index contributed by atoms with van der Waals surface area (Å²) in [6, 6.07) is 2.87. The Kier molecular flexibility index (Phi) is 3.55. The average molecular weight is 330 g/mol. The molecule has 1 heterocycles. The van der Waals surface area contributed by atoms with Crippen LogP contribution in [0.3, 0.4) is 0 Å². The predicted octanol–water partition coefficient (Wildman–Crippen LogP) is 3.45. The van der Waals surface area contributed by atoms with Crippen molar-refractivity contribution in [3.05, 3.63) is 29.3 Å². The van der Waals surface area contributed by atoms with Gasteiger partial charge in [-0.25, -0.2) is 4.79 Å². The van der Waals surface area contributed by atoms with Crippen LogP contribution < -0.4 is 14.2 Å². The number of carbonyl (C=O) groups is 1. The molecule has 2 aromatic carbocycles. The van der Waals surface area contributed by atoms with Crippen molar-refractivity contribution in [2.75, 3.05) is 14.2 Å². The summed E-state index contributed by atoms with van der Waals surface area (Å²) in [5, 5.41) is 20.6.